The summed E-state index contributed by atoms with van der Waals surface area (Å²) in [5, 5.41) is 0. The molecule has 1 aromatic rings. The second-order valence-corrected chi connectivity index (χ2v) is 8.24. The van der Waals surface area contributed by atoms with Crippen molar-refractivity contribution in [3.05, 3.63) is 34.4 Å². The Kier molecular flexibility index (Phi) is 5.13. The fraction of sp³-hybridized carbons (Fsp3) is 0.714. The number of rotatable bonds is 4. The van der Waals surface area contributed by atoms with Crippen molar-refractivity contribution in [3.8, 4) is 0 Å². The highest BCUT2D eigenvalue weighted by Gasteiger charge is 2.38. The highest BCUT2D eigenvalue weighted by Crippen LogP contribution is 2.43. The number of hydrogen-bond donors (Lipinski definition) is 0. The van der Waals surface area contributed by atoms with E-state index in [1.54, 1.807) is 11.1 Å². The Morgan fingerprint density at radius 1 is 1.17 bits per heavy atom. The van der Waals surface area contributed by atoms with Gasteiger partial charge in [-0.05, 0) is 73.1 Å². The van der Waals surface area contributed by atoms with E-state index in [4.69, 9.17) is 4.74 Å². The molecule has 2 aliphatic heterocycles. The zero-order chi connectivity index (χ0) is 16.6. The van der Waals surface area contributed by atoms with Gasteiger partial charge >= 0.3 is 0 Å². The minimum Gasteiger partial charge on any atom is -0.384 e. The van der Waals surface area contributed by atoms with Gasteiger partial charge in [0.2, 0.25) is 0 Å². The summed E-state index contributed by atoms with van der Waals surface area (Å²) in [6.07, 6.45) is 3.81. The van der Waals surface area contributed by atoms with E-state index in [1.807, 2.05) is 7.11 Å². The Morgan fingerprint density at radius 2 is 1.91 bits per heavy atom. The number of piperidine rings is 1. The molecule has 0 N–H and O–H groups in total. The Labute approximate surface area is 142 Å². The zero-order valence-corrected chi connectivity index (χ0v) is 15.6. The van der Waals surface area contributed by atoms with Gasteiger partial charge in [-0.2, -0.15) is 0 Å². The predicted octanol–water partition coefficient (Wildman–Crippen LogP) is 4.53. The predicted molar refractivity (Wildman–Crippen MR) is 96.9 cm³/mol. The third kappa shape index (κ3) is 3.49. The number of hydrogen-bond acceptors (Lipinski definition) is 2. The molecule has 0 aliphatic carbocycles. The van der Waals surface area contributed by atoms with E-state index >= 15 is 0 Å². The average Bonchev–Trinajstić information content (AvgIpc) is 2.49. The smallest absolute Gasteiger partial charge is 0.0494 e. The first-order chi connectivity index (χ1) is 11.0. The van der Waals surface area contributed by atoms with Crippen molar-refractivity contribution < 1.29 is 4.74 Å². The lowest BCUT2D eigenvalue weighted by atomic mass is 9.74. The Hall–Kier alpha value is -0.860. The lowest BCUT2D eigenvalue weighted by Gasteiger charge is -2.47. The zero-order valence-electron chi connectivity index (χ0n) is 15.6. The van der Waals surface area contributed by atoms with Gasteiger partial charge in [0.15, 0.2) is 0 Å². The van der Waals surface area contributed by atoms with Gasteiger partial charge in [-0.1, -0.05) is 26.0 Å². The van der Waals surface area contributed by atoms with Crippen LogP contribution in [0.15, 0.2) is 12.1 Å². The van der Waals surface area contributed by atoms with Crippen LogP contribution in [0.1, 0.15) is 55.0 Å². The van der Waals surface area contributed by atoms with Crippen LogP contribution in [0, 0.1) is 31.6 Å². The van der Waals surface area contributed by atoms with Crippen LogP contribution >= 0.6 is 0 Å². The molecule has 0 saturated carbocycles. The van der Waals surface area contributed by atoms with E-state index in [9.17, 15) is 0 Å². The molecule has 2 heteroatoms. The Bertz CT molecular complexity index is 551. The first-order valence-corrected chi connectivity index (χ1v) is 9.32. The molecule has 128 valence electrons. The van der Waals surface area contributed by atoms with Crippen molar-refractivity contribution in [2.45, 2.75) is 53.0 Å². The molecule has 1 saturated heterocycles. The van der Waals surface area contributed by atoms with Crippen LogP contribution in [0.25, 0.3) is 0 Å². The van der Waals surface area contributed by atoms with E-state index in [1.165, 1.54) is 43.5 Å². The molecule has 1 aromatic carbocycles. The largest absolute Gasteiger partial charge is 0.384 e. The van der Waals surface area contributed by atoms with Crippen molar-refractivity contribution in [3.63, 3.8) is 0 Å². The summed E-state index contributed by atoms with van der Waals surface area (Å²) in [5.41, 5.74) is 6.08. The van der Waals surface area contributed by atoms with E-state index < -0.39 is 0 Å². The van der Waals surface area contributed by atoms with Gasteiger partial charge in [0.1, 0.15) is 0 Å². The molecule has 2 heterocycles. The molecular weight excluding hydrogens is 282 g/mol. The summed E-state index contributed by atoms with van der Waals surface area (Å²) in [6.45, 7) is 12.6. The van der Waals surface area contributed by atoms with Crippen LogP contribution in [0.3, 0.4) is 0 Å². The van der Waals surface area contributed by atoms with E-state index in [-0.39, 0.29) is 0 Å². The van der Waals surface area contributed by atoms with Crippen molar-refractivity contribution >= 4 is 0 Å². The fourth-order valence-electron chi connectivity index (χ4n) is 4.76. The first-order valence-electron chi connectivity index (χ1n) is 9.32. The molecule has 3 atom stereocenters. The molecule has 0 aromatic heterocycles. The van der Waals surface area contributed by atoms with Crippen LogP contribution < -0.4 is 0 Å². The topological polar surface area (TPSA) is 12.5 Å². The molecule has 2 aliphatic rings. The van der Waals surface area contributed by atoms with Gasteiger partial charge in [0.25, 0.3) is 0 Å². The maximum Gasteiger partial charge on any atom is 0.0494 e. The summed E-state index contributed by atoms with van der Waals surface area (Å²) in [6, 6.07) is 5.52. The summed E-state index contributed by atoms with van der Waals surface area (Å²) in [7, 11) is 1.86. The molecule has 0 spiro atoms. The quantitative estimate of drug-likeness (QED) is 0.809. The highest BCUT2D eigenvalue weighted by molar-refractivity contribution is 5.41. The second-order valence-electron chi connectivity index (χ2n) is 8.24. The number of fused-ring (bicyclic) bond motifs is 3. The third-order valence-electron chi connectivity index (χ3n) is 6.04. The molecule has 3 unspecified atom stereocenters. The van der Waals surface area contributed by atoms with Gasteiger partial charge in [0.05, 0.1) is 0 Å². The van der Waals surface area contributed by atoms with Crippen LogP contribution in [0.2, 0.25) is 0 Å². The van der Waals surface area contributed by atoms with Crippen molar-refractivity contribution in [2.24, 2.45) is 17.8 Å². The number of ether oxygens (including phenoxy) is 1. The lowest BCUT2D eigenvalue weighted by Crippen LogP contribution is -2.47. The van der Waals surface area contributed by atoms with E-state index in [2.05, 4.69) is 44.7 Å². The first kappa shape index (κ1) is 17.0. The summed E-state index contributed by atoms with van der Waals surface area (Å²) in [5.74, 6) is 2.27. The Morgan fingerprint density at radius 3 is 2.61 bits per heavy atom. The van der Waals surface area contributed by atoms with Gasteiger partial charge in [0, 0.05) is 32.8 Å². The molecular formula is C21H33NO. The van der Waals surface area contributed by atoms with Crippen molar-refractivity contribution in [2.75, 3.05) is 26.8 Å². The molecule has 23 heavy (non-hydrogen) atoms. The monoisotopic (exact) mass is 315 g/mol. The standard InChI is InChI=1S/C21H33NO/c1-14(2)8-18-12-22-7-6-17-9-15(3)16(4)10-20(17)21(22)11-19(18)13-23-5/h9-10,14,18-19,21H,6-8,11-13H2,1-5H3. The number of benzene rings is 1. The fourth-order valence-corrected chi connectivity index (χ4v) is 4.76. The van der Waals surface area contributed by atoms with Gasteiger partial charge in [-0.25, -0.2) is 0 Å². The lowest BCUT2D eigenvalue weighted by molar-refractivity contribution is 0.00736. The van der Waals surface area contributed by atoms with Crippen LogP contribution in [-0.4, -0.2) is 31.7 Å². The average molecular weight is 316 g/mol. The summed E-state index contributed by atoms with van der Waals surface area (Å²) >= 11 is 0. The molecule has 0 bridgehead atoms. The molecule has 0 amide bonds. The van der Waals surface area contributed by atoms with Gasteiger partial charge in [-0.15, -0.1) is 0 Å². The molecule has 3 rings (SSSR count). The van der Waals surface area contributed by atoms with Crippen LogP contribution in [0.5, 0.6) is 0 Å². The number of aryl methyl sites for hydroxylation is 2. The van der Waals surface area contributed by atoms with E-state index in [0.29, 0.717) is 12.0 Å². The normalized spacial score (nSPS) is 27.8. The van der Waals surface area contributed by atoms with Crippen LogP contribution in [-0.2, 0) is 11.2 Å². The highest BCUT2D eigenvalue weighted by atomic mass is 16.5. The minimum atomic E-state index is 0.613. The maximum absolute atomic E-state index is 5.59. The molecule has 0 radical (unpaired) electrons. The SMILES string of the molecule is COCC1CC2c3cc(C)c(C)cc3CCN2CC1CC(C)C. The molecule has 2 nitrogen and oxygen atoms in total. The van der Waals surface area contributed by atoms with Gasteiger partial charge in [-0.3, -0.25) is 4.90 Å². The second kappa shape index (κ2) is 6.94. The third-order valence-corrected chi connectivity index (χ3v) is 6.04. The van der Waals surface area contributed by atoms with Gasteiger partial charge < -0.3 is 4.74 Å². The number of methoxy groups -OCH3 is 1. The maximum atomic E-state index is 5.59. The Balaban J connectivity index is 1.86. The minimum absolute atomic E-state index is 0.613. The number of nitrogens with zero attached hydrogens (tertiary/aromatic N) is 1. The van der Waals surface area contributed by atoms with Crippen molar-refractivity contribution in [1.82, 2.24) is 4.90 Å². The van der Waals surface area contributed by atoms with E-state index in [0.717, 1.165) is 18.4 Å². The summed E-state index contributed by atoms with van der Waals surface area (Å²) < 4.78 is 5.59. The molecule has 1 fully saturated rings. The van der Waals surface area contributed by atoms with Crippen LogP contribution in [0.4, 0.5) is 0 Å². The summed E-state index contributed by atoms with van der Waals surface area (Å²) in [4.78, 5) is 2.76. The van der Waals surface area contributed by atoms with Crippen molar-refractivity contribution in [1.29, 1.82) is 0 Å².